The van der Waals surface area contributed by atoms with Crippen molar-refractivity contribution in [3.8, 4) is 16.2 Å². The number of carboxylic acids is 1. The van der Waals surface area contributed by atoms with Crippen LogP contribution in [0.1, 0.15) is 28.4 Å². The predicted octanol–water partition coefficient (Wildman–Crippen LogP) is 5.55. The number of anilines is 1. The lowest BCUT2D eigenvalue weighted by atomic mass is 10.1. The Morgan fingerprint density at radius 3 is 2.47 bits per heavy atom. The molecule has 1 aromatic heterocycles. The molecule has 0 aliphatic rings. The first kappa shape index (κ1) is 23.2. The lowest BCUT2D eigenvalue weighted by Gasteiger charge is -2.09. The molecule has 0 radical (unpaired) electrons. The summed E-state index contributed by atoms with van der Waals surface area (Å²) in [5.74, 6) is -1.22. The molecule has 0 spiro atoms. The number of carbonyl (C=O) groups is 1. The summed E-state index contributed by atoms with van der Waals surface area (Å²) < 4.78 is 38.9. The number of thiocarbonyl (C=S) groups is 1. The van der Waals surface area contributed by atoms with Crippen molar-refractivity contribution in [3.05, 3.63) is 70.6 Å². The summed E-state index contributed by atoms with van der Waals surface area (Å²) in [6.45, 7) is 1.61. The van der Waals surface area contributed by atoms with Crippen molar-refractivity contribution in [1.29, 1.82) is 0 Å². The van der Waals surface area contributed by atoms with Gasteiger partial charge in [0, 0.05) is 11.1 Å². The SMILES string of the molecule is CC(=NNC(=S)Nc1ccc(C(=O)O)cc1)c1csc(-c2cccc(C(F)(F)F)c2)c1O. The van der Waals surface area contributed by atoms with Crippen LogP contribution >= 0.6 is 23.6 Å². The van der Waals surface area contributed by atoms with Crippen LogP contribution < -0.4 is 10.7 Å². The molecule has 11 heteroatoms. The summed E-state index contributed by atoms with van der Waals surface area (Å²) >= 11 is 6.24. The minimum Gasteiger partial charge on any atom is -0.506 e. The average molecular weight is 480 g/mol. The summed E-state index contributed by atoms with van der Waals surface area (Å²) in [6, 6.07) is 10.6. The number of thiophene rings is 1. The number of aromatic carboxylic acids is 1. The molecule has 0 bridgehead atoms. The van der Waals surface area contributed by atoms with Gasteiger partial charge in [0.05, 0.1) is 27.3 Å². The maximum absolute atomic E-state index is 13.0. The molecule has 32 heavy (non-hydrogen) atoms. The zero-order chi connectivity index (χ0) is 23.5. The molecule has 6 nitrogen and oxygen atoms in total. The number of aromatic hydroxyl groups is 1. The van der Waals surface area contributed by atoms with Crippen LogP contribution in [0, 0.1) is 0 Å². The summed E-state index contributed by atoms with van der Waals surface area (Å²) in [6.07, 6.45) is -4.48. The Labute approximate surface area is 190 Å². The number of nitrogens with one attached hydrogen (secondary N) is 2. The van der Waals surface area contributed by atoms with Crippen molar-refractivity contribution >= 4 is 46.0 Å². The highest BCUT2D eigenvalue weighted by molar-refractivity contribution is 7.80. The Hall–Kier alpha value is -3.44. The van der Waals surface area contributed by atoms with Gasteiger partial charge in [-0.25, -0.2) is 4.79 Å². The summed E-state index contributed by atoms with van der Waals surface area (Å²) in [7, 11) is 0. The first-order valence-corrected chi connectivity index (χ1v) is 10.3. The van der Waals surface area contributed by atoms with Crippen molar-refractivity contribution in [2.75, 3.05) is 5.32 Å². The standard InChI is InChI=1S/C21H16F3N3O3S2/c1-11(26-27-20(31)25-15-7-5-12(6-8-15)19(29)30)16-10-32-18(17(16)28)13-3-2-4-14(9-13)21(22,23)24/h2-10,28H,1H3,(H,29,30)(H2,25,27,31). The van der Waals surface area contributed by atoms with Crippen LogP contribution in [0.25, 0.3) is 10.4 Å². The molecule has 2 aromatic carbocycles. The van der Waals surface area contributed by atoms with Crippen LogP contribution in [0.15, 0.2) is 59.0 Å². The normalized spacial score (nSPS) is 11.8. The van der Waals surface area contributed by atoms with Gasteiger partial charge < -0.3 is 15.5 Å². The van der Waals surface area contributed by atoms with Crippen molar-refractivity contribution in [2.45, 2.75) is 13.1 Å². The van der Waals surface area contributed by atoms with Crippen molar-refractivity contribution in [3.63, 3.8) is 0 Å². The van der Waals surface area contributed by atoms with E-state index in [1.807, 2.05) is 0 Å². The van der Waals surface area contributed by atoms with Crippen LogP contribution in [-0.4, -0.2) is 27.0 Å². The van der Waals surface area contributed by atoms with Gasteiger partial charge >= 0.3 is 12.1 Å². The monoisotopic (exact) mass is 479 g/mol. The van der Waals surface area contributed by atoms with Gasteiger partial charge in [-0.3, -0.25) is 5.43 Å². The van der Waals surface area contributed by atoms with Crippen LogP contribution in [0.5, 0.6) is 5.75 Å². The van der Waals surface area contributed by atoms with Gasteiger partial charge in [-0.2, -0.15) is 18.3 Å². The topological polar surface area (TPSA) is 94.0 Å². The van der Waals surface area contributed by atoms with E-state index in [4.69, 9.17) is 17.3 Å². The highest BCUT2D eigenvalue weighted by Gasteiger charge is 2.30. The van der Waals surface area contributed by atoms with E-state index in [9.17, 15) is 23.1 Å². The molecule has 0 aliphatic carbocycles. The Morgan fingerprint density at radius 2 is 1.84 bits per heavy atom. The van der Waals surface area contributed by atoms with Crippen LogP contribution in [-0.2, 0) is 6.18 Å². The molecule has 0 fully saturated rings. The van der Waals surface area contributed by atoms with E-state index in [2.05, 4.69) is 15.8 Å². The van der Waals surface area contributed by atoms with Gasteiger partial charge in [0.2, 0.25) is 0 Å². The number of carboxylic acid groups (broad SMARTS) is 1. The molecule has 3 aromatic rings. The average Bonchev–Trinajstić information content (AvgIpc) is 3.13. The summed E-state index contributed by atoms with van der Waals surface area (Å²) in [5, 5.41) is 28.1. The number of hydrogen-bond donors (Lipinski definition) is 4. The van der Waals surface area contributed by atoms with E-state index in [-0.39, 0.29) is 22.0 Å². The first-order chi connectivity index (χ1) is 15.1. The highest BCUT2D eigenvalue weighted by atomic mass is 32.1. The lowest BCUT2D eigenvalue weighted by Crippen LogP contribution is -2.24. The number of hydrazone groups is 1. The number of benzene rings is 2. The molecular formula is C21H16F3N3O3S2. The fourth-order valence-electron chi connectivity index (χ4n) is 2.70. The maximum Gasteiger partial charge on any atom is 0.416 e. The van der Waals surface area contributed by atoms with Crippen LogP contribution in [0.4, 0.5) is 18.9 Å². The van der Waals surface area contributed by atoms with E-state index in [0.29, 0.717) is 21.8 Å². The van der Waals surface area contributed by atoms with Crippen molar-refractivity contribution in [1.82, 2.24) is 5.43 Å². The number of halogens is 3. The maximum atomic E-state index is 13.0. The second-order valence-electron chi connectivity index (χ2n) is 6.55. The Kier molecular flexibility index (Phi) is 6.80. The second-order valence-corrected chi connectivity index (χ2v) is 7.84. The molecule has 0 saturated heterocycles. The Balaban J connectivity index is 1.72. The van der Waals surface area contributed by atoms with E-state index >= 15 is 0 Å². The second kappa shape index (κ2) is 9.37. The number of alkyl halides is 3. The molecule has 1 heterocycles. The number of rotatable bonds is 5. The van der Waals surface area contributed by atoms with Gasteiger partial charge in [-0.05, 0) is 61.1 Å². The van der Waals surface area contributed by atoms with Crippen LogP contribution in [0.3, 0.4) is 0 Å². The molecule has 4 N–H and O–H groups in total. The van der Waals surface area contributed by atoms with Gasteiger partial charge in [-0.1, -0.05) is 12.1 Å². The largest absolute Gasteiger partial charge is 0.506 e. The molecule has 166 valence electrons. The number of hydrogen-bond acceptors (Lipinski definition) is 5. The molecule has 0 aliphatic heterocycles. The molecule has 0 atom stereocenters. The minimum atomic E-state index is -4.48. The Bertz CT molecular complexity index is 1190. The molecular weight excluding hydrogens is 463 g/mol. The third-order valence-electron chi connectivity index (χ3n) is 4.32. The first-order valence-electron chi connectivity index (χ1n) is 8.99. The van der Waals surface area contributed by atoms with E-state index in [0.717, 1.165) is 23.5 Å². The van der Waals surface area contributed by atoms with E-state index < -0.39 is 17.7 Å². The smallest absolute Gasteiger partial charge is 0.416 e. The van der Waals surface area contributed by atoms with Gasteiger partial charge in [-0.15, -0.1) is 11.3 Å². The minimum absolute atomic E-state index is 0.125. The highest BCUT2D eigenvalue weighted by Crippen LogP contribution is 2.40. The quantitative estimate of drug-likeness (QED) is 0.218. The van der Waals surface area contributed by atoms with Gasteiger partial charge in [0.15, 0.2) is 5.11 Å². The lowest BCUT2D eigenvalue weighted by molar-refractivity contribution is -0.137. The Morgan fingerprint density at radius 1 is 1.16 bits per heavy atom. The summed E-state index contributed by atoms with van der Waals surface area (Å²) in [4.78, 5) is 11.2. The molecule has 0 amide bonds. The zero-order valence-electron chi connectivity index (χ0n) is 16.4. The van der Waals surface area contributed by atoms with E-state index in [1.54, 1.807) is 24.4 Å². The van der Waals surface area contributed by atoms with Crippen LogP contribution in [0.2, 0.25) is 0 Å². The molecule has 3 rings (SSSR count). The van der Waals surface area contributed by atoms with Gasteiger partial charge in [0.25, 0.3) is 0 Å². The fourth-order valence-corrected chi connectivity index (χ4v) is 3.87. The molecule has 0 saturated carbocycles. The molecule has 0 unspecified atom stereocenters. The zero-order valence-corrected chi connectivity index (χ0v) is 18.0. The third-order valence-corrected chi connectivity index (χ3v) is 5.53. The van der Waals surface area contributed by atoms with Crippen molar-refractivity contribution in [2.24, 2.45) is 5.10 Å². The van der Waals surface area contributed by atoms with Crippen molar-refractivity contribution < 1.29 is 28.2 Å². The summed E-state index contributed by atoms with van der Waals surface area (Å²) in [5.41, 5.74) is 3.45. The number of nitrogens with zero attached hydrogens (tertiary/aromatic N) is 1. The fraction of sp³-hybridized carbons (Fsp3) is 0.0952. The van der Waals surface area contributed by atoms with E-state index in [1.165, 1.54) is 24.3 Å². The van der Waals surface area contributed by atoms with Gasteiger partial charge in [0.1, 0.15) is 5.75 Å². The predicted molar refractivity (Wildman–Crippen MR) is 121 cm³/mol. The third kappa shape index (κ3) is 5.42.